The van der Waals surface area contributed by atoms with E-state index in [4.69, 9.17) is 4.74 Å². The first-order chi connectivity index (χ1) is 12.9. The molecule has 27 heavy (non-hydrogen) atoms. The SMILES string of the molecule is CCOC(=O)/C=C1\SCC(=O)N1CC[NH+](C)CC(=O)Nc1ccc(F)cc1. The second-order valence-corrected chi connectivity index (χ2v) is 7.00. The number of carbonyl (C=O) groups is 3. The minimum absolute atomic E-state index is 0.0703. The van der Waals surface area contributed by atoms with Gasteiger partial charge in [0.2, 0.25) is 5.91 Å². The number of carbonyl (C=O) groups excluding carboxylic acids is 3. The average Bonchev–Trinajstić information content (AvgIpc) is 2.95. The van der Waals surface area contributed by atoms with Gasteiger partial charge in [-0.3, -0.25) is 9.59 Å². The van der Waals surface area contributed by atoms with Crippen molar-refractivity contribution in [3.05, 3.63) is 41.2 Å². The van der Waals surface area contributed by atoms with E-state index >= 15 is 0 Å². The zero-order valence-corrected chi connectivity index (χ0v) is 16.1. The maximum atomic E-state index is 12.9. The molecule has 1 atom stereocenters. The fraction of sp³-hybridized carbons (Fsp3) is 0.389. The summed E-state index contributed by atoms with van der Waals surface area (Å²) >= 11 is 1.30. The lowest BCUT2D eigenvalue weighted by atomic mass is 10.3. The van der Waals surface area contributed by atoms with Crippen molar-refractivity contribution in [2.45, 2.75) is 6.92 Å². The fourth-order valence-electron chi connectivity index (χ4n) is 2.46. The Morgan fingerprint density at radius 3 is 2.74 bits per heavy atom. The van der Waals surface area contributed by atoms with E-state index in [1.54, 1.807) is 11.8 Å². The number of nitrogens with one attached hydrogen (secondary N) is 2. The highest BCUT2D eigenvalue weighted by atomic mass is 32.2. The Bertz CT molecular complexity index is 724. The van der Waals surface area contributed by atoms with Crippen molar-refractivity contribution in [3.8, 4) is 0 Å². The third kappa shape index (κ3) is 6.69. The molecule has 1 saturated heterocycles. The highest BCUT2D eigenvalue weighted by Gasteiger charge is 2.28. The molecule has 2 amide bonds. The van der Waals surface area contributed by atoms with E-state index in [0.717, 1.165) is 4.90 Å². The van der Waals surface area contributed by atoms with Crippen molar-refractivity contribution in [2.24, 2.45) is 0 Å². The first-order valence-electron chi connectivity index (χ1n) is 8.57. The maximum absolute atomic E-state index is 12.9. The lowest BCUT2D eigenvalue weighted by Crippen LogP contribution is -3.10. The normalized spacial score (nSPS) is 16.5. The molecule has 1 aliphatic heterocycles. The molecule has 1 heterocycles. The Labute approximate surface area is 161 Å². The summed E-state index contributed by atoms with van der Waals surface area (Å²) < 4.78 is 17.8. The molecule has 1 aromatic carbocycles. The predicted molar refractivity (Wildman–Crippen MR) is 101 cm³/mol. The molecular formula is C18H23FN3O4S+. The molecule has 9 heteroatoms. The van der Waals surface area contributed by atoms with Crippen LogP contribution in [0.5, 0.6) is 0 Å². The van der Waals surface area contributed by atoms with Gasteiger partial charge < -0.3 is 19.9 Å². The topological polar surface area (TPSA) is 80.2 Å². The number of anilines is 1. The first kappa shape index (κ1) is 20.9. The number of likely N-dealkylation sites (N-methyl/N-ethyl adjacent to an activating group) is 1. The number of ether oxygens (including phenoxy) is 1. The third-order valence-electron chi connectivity index (χ3n) is 3.79. The Morgan fingerprint density at radius 1 is 1.37 bits per heavy atom. The summed E-state index contributed by atoms with van der Waals surface area (Å²) in [5.74, 6) is -0.827. The number of amides is 2. The van der Waals surface area contributed by atoms with E-state index in [9.17, 15) is 18.8 Å². The van der Waals surface area contributed by atoms with Crippen LogP contribution in [-0.4, -0.2) is 61.7 Å². The molecular weight excluding hydrogens is 373 g/mol. The van der Waals surface area contributed by atoms with Crippen LogP contribution in [0.25, 0.3) is 0 Å². The van der Waals surface area contributed by atoms with Crippen molar-refractivity contribution in [1.82, 2.24) is 4.90 Å². The van der Waals surface area contributed by atoms with E-state index in [-0.39, 0.29) is 36.5 Å². The number of esters is 1. The second kappa shape index (κ2) is 10.1. The maximum Gasteiger partial charge on any atom is 0.333 e. The molecule has 0 spiro atoms. The number of benzene rings is 1. The van der Waals surface area contributed by atoms with Crippen molar-refractivity contribution in [2.75, 3.05) is 44.4 Å². The molecule has 2 N–H and O–H groups in total. The minimum Gasteiger partial charge on any atom is -0.463 e. The lowest BCUT2D eigenvalue weighted by molar-refractivity contribution is -0.870. The summed E-state index contributed by atoms with van der Waals surface area (Å²) in [5.41, 5.74) is 0.528. The standard InChI is InChI=1S/C18H22FN3O4S/c1-3-26-18(25)10-17-22(16(24)12-27-17)9-8-21(2)11-15(23)20-14-6-4-13(19)5-7-14/h4-7,10H,3,8-9,11-12H2,1-2H3,(H,20,23)/p+1/b17-10-. The predicted octanol–water partition coefficient (Wildman–Crippen LogP) is 0.259. The fourth-order valence-corrected chi connectivity index (χ4v) is 3.41. The van der Waals surface area contributed by atoms with Crippen LogP contribution in [0.15, 0.2) is 35.4 Å². The quantitative estimate of drug-likeness (QED) is 0.487. The minimum atomic E-state index is -0.473. The molecule has 0 radical (unpaired) electrons. The van der Waals surface area contributed by atoms with Crippen LogP contribution in [0, 0.1) is 5.82 Å². The van der Waals surface area contributed by atoms with E-state index in [2.05, 4.69) is 5.32 Å². The van der Waals surface area contributed by atoms with Gasteiger partial charge in [0.1, 0.15) is 5.82 Å². The van der Waals surface area contributed by atoms with Crippen molar-refractivity contribution in [1.29, 1.82) is 0 Å². The summed E-state index contributed by atoms with van der Waals surface area (Å²) in [6, 6.07) is 5.55. The summed E-state index contributed by atoms with van der Waals surface area (Å²) in [7, 11) is 1.84. The summed E-state index contributed by atoms with van der Waals surface area (Å²) in [5, 5.41) is 3.27. The van der Waals surface area contributed by atoms with Gasteiger partial charge >= 0.3 is 5.97 Å². The zero-order valence-electron chi connectivity index (χ0n) is 15.3. The van der Waals surface area contributed by atoms with Crippen LogP contribution in [0.2, 0.25) is 0 Å². The third-order valence-corrected chi connectivity index (χ3v) is 4.82. The molecule has 0 bridgehead atoms. The molecule has 1 aromatic rings. The molecule has 7 nitrogen and oxygen atoms in total. The monoisotopic (exact) mass is 396 g/mol. The first-order valence-corrected chi connectivity index (χ1v) is 9.56. The average molecular weight is 396 g/mol. The lowest BCUT2D eigenvalue weighted by Gasteiger charge is -2.20. The van der Waals surface area contributed by atoms with Gasteiger partial charge in [-0.05, 0) is 31.2 Å². The number of halogens is 1. The molecule has 146 valence electrons. The van der Waals surface area contributed by atoms with E-state index in [0.29, 0.717) is 23.8 Å². The molecule has 1 aliphatic rings. The van der Waals surface area contributed by atoms with Crippen molar-refractivity contribution in [3.63, 3.8) is 0 Å². The number of nitrogens with zero attached hydrogens (tertiary/aromatic N) is 1. The molecule has 0 saturated carbocycles. The van der Waals surface area contributed by atoms with Crippen molar-refractivity contribution < 1.29 is 28.4 Å². The number of rotatable bonds is 8. The van der Waals surface area contributed by atoms with E-state index in [1.165, 1.54) is 42.1 Å². The van der Waals surface area contributed by atoms with Crippen LogP contribution < -0.4 is 10.2 Å². The van der Waals surface area contributed by atoms with Crippen LogP contribution in [0.4, 0.5) is 10.1 Å². The Hall–Kier alpha value is -2.39. The van der Waals surface area contributed by atoms with Crippen LogP contribution in [-0.2, 0) is 19.1 Å². The van der Waals surface area contributed by atoms with E-state index < -0.39 is 5.97 Å². The molecule has 1 fully saturated rings. The van der Waals surface area contributed by atoms with Gasteiger partial charge in [-0.15, -0.1) is 0 Å². The summed E-state index contributed by atoms with van der Waals surface area (Å²) in [6.07, 6.45) is 1.33. The number of hydrogen-bond donors (Lipinski definition) is 2. The van der Waals surface area contributed by atoms with Gasteiger partial charge in [-0.25, -0.2) is 9.18 Å². The molecule has 1 unspecified atom stereocenters. The van der Waals surface area contributed by atoms with Gasteiger partial charge in [-0.1, -0.05) is 11.8 Å². The number of hydrogen-bond acceptors (Lipinski definition) is 5. The highest BCUT2D eigenvalue weighted by molar-refractivity contribution is 8.04. The number of thioether (sulfide) groups is 1. The van der Waals surface area contributed by atoms with Gasteiger partial charge in [0.15, 0.2) is 6.54 Å². The Balaban J connectivity index is 1.83. The van der Waals surface area contributed by atoms with Crippen LogP contribution in [0.3, 0.4) is 0 Å². The summed E-state index contributed by atoms with van der Waals surface area (Å²) in [4.78, 5) is 38.1. The Kier molecular flexibility index (Phi) is 7.81. The van der Waals surface area contributed by atoms with Gasteiger partial charge in [-0.2, -0.15) is 0 Å². The highest BCUT2D eigenvalue weighted by Crippen LogP contribution is 2.28. The summed E-state index contributed by atoms with van der Waals surface area (Å²) in [6.45, 7) is 3.12. The zero-order chi connectivity index (χ0) is 19.8. The largest absolute Gasteiger partial charge is 0.463 e. The molecule has 0 aliphatic carbocycles. The van der Waals surface area contributed by atoms with E-state index in [1.807, 2.05) is 7.05 Å². The van der Waals surface area contributed by atoms with Crippen LogP contribution in [0.1, 0.15) is 6.92 Å². The molecule has 2 rings (SSSR count). The Morgan fingerprint density at radius 2 is 2.07 bits per heavy atom. The van der Waals surface area contributed by atoms with Crippen molar-refractivity contribution >= 4 is 35.2 Å². The van der Waals surface area contributed by atoms with Gasteiger partial charge in [0.05, 0.1) is 43.6 Å². The second-order valence-electron chi connectivity index (χ2n) is 6.01. The van der Waals surface area contributed by atoms with Gasteiger partial charge in [0, 0.05) is 5.69 Å². The number of quaternary nitrogens is 1. The molecule has 0 aromatic heterocycles. The van der Waals surface area contributed by atoms with Crippen LogP contribution >= 0.6 is 11.8 Å². The smallest absolute Gasteiger partial charge is 0.333 e. The van der Waals surface area contributed by atoms with Gasteiger partial charge in [0.25, 0.3) is 5.91 Å².